The normalized spacial score (nSPS) is 22.5. The number of carbonyl (C=O) groups excluding carboxylic acids is 1. The van der Waals surface area contributed by atoms with Gasteiger partial charge in [0, 0.05) is 18.7 Å². The van der Waals surface area contributed by atoms with E-state index >= 15 is 0 Å². The molecule has 0 spiro atoms. The van der Waals surface area contributed by atoms with Gasteiger partial charge in [0.2, 0.25) is 0 Å². The van der Waals surface area contributed by atoms with Crippen LogP contribution in [0.4, 0.5) is 0 Å². The van der Waals surface area contributed by atoms with Gasteiger partial charge in [0.1, 0.15) is 0 Å². The number of hydrogen-bond acceptors (Lipinski definition) is 4. The standard InChI is InChI=1S/C13H24N2O2/c1-11(13(16)17-3)6-8-15-7-4-5-12(10-15)9-14-2/h6,12,14H,4-5,7-10H2,1-3H3. The molecule has 0 saturated carbocycles. The van der Waals surface area contributed by atoms with Crippen molar-refractivity contribution in [1.82, 2.24) is 10.2 Å². The van der Waals surface area contributed by atoms with E-state index in [0.29, 0.717) is 5.57 Å². The molecule has 0 aromatic heterocycles. The Labute approximate surface area is 104 Å². The molecule has 0 bridgehead atoms. The fourth-order valence-corrected chi connectivity index (χ4v) is 2.28. The number of esters is 1. The minimum Gasteiger partial charge on any atom is -0.466 e. The molecular formula is C13H24N2O2. The van der Waals surface area contributed by atoms with Crippen molar-refractivity contribution in [1.29, 1.82) is 0 Å². The zero-order valence-electron chi connectivity index (χ0n) is 11.2. The van der Waals surface area contributed by atoms with Crippen molar-refractivity contribution in [2.75, 3.05) is 40.3 Å². The first-order chi connectivity index (χ1) is 8.17. The minimum atomic E-state index is -0.228. The van der Waals surface area contributed by atoms with Gasteiger partial charge in [-0.1, -0.05) is 6.08 Å². The first-order valence-corrected chi connectivity index (χ1v) is 6.29. The zero-order chi connectivity index (χ0) is 12.7. The number of rotatable bonds is 5. The highest BCUT2D eigenvalue weighted by Gasteiger charge is 2.18. The summed E-state index contributed by atoms with van der Waals surface area (Å²) in [7, 11) is 3.42. The minimum absolute atomic E-state index is 0.228. The predicted molar refractivity (Wildman–Crippen MR) is 68.9 cm³/mol. The highest BCUT2D eigenvalue weighted by molar-refractivity contribution is 5.87. The van der Waals surface area contributed by atoms with Crippen molar-refractivity contribution >= 4 is 5.97 Å². The molecule has 0 aromatic carbocycles. The first kappa shape index (κ1) is 14.2. The van der Waals surface area contributed by atoms with E-state index in [9.17, 15) is 4.79 Å². The van der Waals surface area contributed by atoms with Crippen molar-refractivity contribution in [2.24, 2.45) is 5.92 Å². The summed E-state index contributed by atoms with van der Waals surface area (Å²) in [4.78, 5) is 13.6. The van der Waals surface area contributed by atoms with E-state index in [-0.39, 0.29) is 5.97 Å². The lowest BCUT2D eigenvalue weighted by Crippen LogP contribution is -2.39. The molecule has 1 heterocycles. The van der Waals surface area contributed by atoms with Crippen molar-refractivity contribution in [3.8, 4) is 0 Å². The fourth-order valence-electron chi connectivity index (χ4n) is 2.28. The summed E-state index contributed by atoms with van der Waals surface area (Å²) in [5, 5.41) is 3.23. The van der Waals surface area contributed by atoms with Crippen LogP contribution in [0, 0.1) is 5.92 Å². The molecule has 98 valence electrons. The molecule has 1 aliphatic rings. The SMILES string of the molecule is CNCC1CCCN(CC=C(C)C(=O)OC)C1. The summed E-state index contributed by atoms with van der Waals surface area (Å²) in [5.74, 6) is 0.509. The third-order valence-corrected chi connectivity index (χ3v) is 3.26. The van der Waals surface area contributed by atoms with Crippen molar-refractivity contribution < 1.29 is 9.53 Å². The highest BCUT2D eigenvalue weighted by Crippen LogP contribution is 2.15. The van der Waals surface area contributed by atoms with Crippen molar-refractivity contribution in [3.05, 3.63) is 11.6 Å². The van der Waals surface area contributed by atoms with Gasteiger partial charge in [0.25, 0.3) is 0 Å². The first-order valence-electron chi connectivity index (χ1n) is 6.29. The second kappa shape index (κ2) is 7.45. The maximum Gasteiger partial charge on any atom is 0.333 e. The molecule has 0 radical (unpaired) electrons. The molecule has 1 saturated heterocycles. The monoisotopic (exact) mass is 240 g/mol. The average Bonchev–Trinajstić information content (AvgIpc) is 2.36. The number of ether oxygens (including phenoxy) is 1. The Morgan fingerprint density at radius 1 is 1.59 bits per heavy atom. The Bertz CT molecular complexity index is 275. The van der Waals surface area contributed by atoms with E-state index in [1.807, 2.05) is 13.1 Å². The second-order valence-electron chi connectivity index (χ2n) is 4.70. The van der Waals surface area contributed by atoms with Crippen LogP contribution >= 0.6 is 0 Å². The Kier molecular flexibility index (Phi) is 6.22. The van der Waals surface area contributed by atoms with Crippen LogP contribution in [0.2, 0.25) is 0 Å². The summed E-state index contributed by atoms with van der Waals surface area (Å²) < 4.78 is 4.68. The van der Waals surface area contributed by atoms with Gasteiger partial charge in [0.15, 0.2) is 0 Å². The molecule has 0 aromatic rings. The average molecular weight is 240 g/mol. The van der Waals surface area contributed by atoms with Gasteiger partial charge in [-0.05, 0) is 45.8 Å². The molecule has 0 aliphatic carbocycles. The molecule has 1 rings (SSSR count). The molecule has 4 heteroatoms. The lowest BCUT2D eigenvalue weighted by Gasteiger charge is -2.31. The maximum atomic E-state index is 11.2. The highest BCUT2D eigenvalue weighted by atomic mass is 16.5. The van der Waals surface area contributed by atoms with E-state index in [0.717, 1.165) is 32.1 Å². The fraction of sp³-hybridized carbons (Fsp3) is 0.769. The lowest BCUT2D eigenvalue weighted by atomic mass is 9.98. The lowest BCUT2D eigenvalue weighted by molar-refractivity contribution is -0.136. The summed E-state index contributed by atoms with van der Waals surface area (Å²) in [6.07, 6.45) is 4.52. The third kappa shape index (κ3) is 4.88. The van der Waals surface area contributed by atoms with Crippen LogP contribution in [0.25, 0.3) is 0 Å². The smallest absolute Gasteiger partial charge is 0.333 e. The maximum absolute atomic E-state index is 11.2. The summed E-state index contributed by atoms with van der Waals surface area (Å²) >= 11 is 0. The predicted octanol–water partition coefficient (Wildman–Crippen LogP) is 1.04. The van der Waals surface area contributed by atoms with Crippen molar-refractivity contribution in [3.63, 3.8) is 0 Å². The summed E-state index contributed by atoms with van der Waals surface area (Å²) in [6.45, 7) is 5.98. The number of hydrogen-bond donors (Lipinski definition) is 1. The van der Waals surface area contributed by atoms with Crippen LogP contribution < -0.4 is 5.32 Å². The summed E-state index contributed by atoms with van der Waals surface area (Å²) in [6, 6.07) is 0. The molecule has 0 amide bonds. The van der Waals surface area contributed by atoms with Crippen LogP contribution in [-0.4, -0.2) is 51.2 Å². The van der Waals surface area contributed by atoms with E-state index in [2.05, 4.69) is 15.0 Å². The molecule has 1 unspecified atom stereocenters. The van der Waals surface area contributed by atoms with Crippen LogP contribution in [0.1, 0.15) is 19.8 Å². The Balaban J connectivity index is 2.38. The van der Waals surface area contributed by atoms with Crippen LogP contribution in [-0.2, 0) is 9.53 Å². The molecule has 1 N–H and O–H groups in total. The molecule has 17 heavy (non-hydrogen) atoms. The summed E-state index contributed by atoms with van der Waals surface area (Å²) in [5.41, 5.74) is 0.697. The van der Waals surface area contributed by atoms with Crippen LogP contribution in [0.15, 0.2) is 11.6 Å². The zero-order valence-corrected chi connectivity index (χ0v) is 11.2. The quantitative estimate of drug-likeness (QED) is 0.576. The van der Waals surface area contributed by atoms with Crippen LogP contribution in [0.5, 0.6) is 0 Å². The van der Waals surface area contributed by atoms with Gasteiger partial charge in [-0.3, -0.25) is 4.90 Å². The van der Waals surface area contributed by atoms with E-state index in [1.54, 1.807) is 6.92 Å². The topological polar surface area (TPSA) is 41.6 Å². The number of likely N-dealkylation sites (tertiary alicyclic amines) is 1. The molecule has 4 nitrogen and oxygen atoms in total. The molecule has 1 atom stereocenters. The second-order valence-corrected chi connectivity index (χ2v) is 4.70. The Morgan fingerprint density at radius 2 is 2.35 bits per heavy atom. The van der Waals surface area contributed by atoms with Gasteiger partial charge < -0.3 is 10.1 Å². The van der Waals surface area contributed by atoms with E-state index < -0.39 is 0 Å². The molecular weight excluding hydrogens is 216 g/mol. The van der Waals surface area contributed by atoms with Crippen molar-refractivity contribution in [2.45, 2.75) is 19.8 Å². The number of carbonyl (C=O) groups is 1. The number of nitrogens with one attached hydrogen (secondary N) is 1. The molecule has 1 aliphatic heterocycles. The largest absolute Gasteiger partial charge is 0.466 e. The van der Waals surface area contributed by atoms with E-state index in [1.165, 1.54) is 20.0 Å². The van der Waals surface area contributed by atoms with Gasteiger partial charge in [0.05, 0.1) is 7.11 Å². The molecule has 1 fully saturated rings. The number of nitrogens with zero attached hydrogens (tertiary/aromatic N) is 1. The van der Waals surface area contributed by atoms with Gasteiger partial charge in [-0.15, -0.1) is 0 Å². The van der Waals surface area contributed by atoms with E-state index in [4.69, 9.17) is 0 Å². The van der Waals surface area contributed by atoms with Gasteiger partial charge in [-0.2, -0.15) is 0 Å². The van der Waals surface area contributed by atoms with Gasteiger partial charge >= 0.3 is 5.97 Å². The Hall–Kier alpha value is -0.870. The Morgan fingerprint density at radius 3 is 3.00 bits per heavy atom. The number of piperidine rings is 1. The van der Waals surface area contributed by atoms with Gasteiger partial charge in [-0.25, -0.2) is 4.79 Å². The van der Waals surface area contributed by atoms with Crippen LogP contribution in [0.3, 0.4) is 0 Å². The third-order valence-electron chi connectivity index (χ3n) is 3.26. The number of methoxy groups -OCH3 is 1.